The zero-order valence-corrected chi connectivity index (χ0v) is 12.9. The highest BCUT2D eigenvalue weighted by atomic mass is 79.9. The van der Waals surface area contributed by atoms with Crippen molar-refractivity contribution < 1.29 is 0 Å². The number of para-hydroxylation sites is 2. The van der Waals surface area contributed by atoms with Crippen LogP contribution in [0, 0.1) is 5.41 Å². The number of imidazole rings is 1. The first kappa shape index (κ1) is 13.2. The van der Waals surface area contributed by atoms with Gasteiger partial charge >= 0.3 is 0 Å². The number of halogens is 1. The zero-order chi connectivity index (χ0) is 13.1. The highest BCUT2D eigenvalue weighted by molar-refractivity contribution is 9.09. The van der Waals surface area contributed by atoms with E-state index in [1.807, 2.05) is 6.33 Å². The van der Waals surface area contributed by atoms with Crippen molar-refractivity contribution in [2.75, 3.05) is 5.33 Å². The van der Waals surface area contributed by atoms with Crippen LogP contribution in [-0.2, 0) is 6.54 Å². The van der Waals surface area contributed by atoms with E-state index in [-0.39, 0.29) is 0 Å². The molecule has 1 aliphatic carbocycles. The van der Waals surface area contributed by atoms with Crippen LogP contribution in [0.25, 0.3) is 11.0 Å². The summed E-state index contributed by atoms with van der Waals surface area (Å²) in [7, 11) is 0. The Kier molecular flexibility index (Phi) is 3.92. The van der Waals surface area contributed by atoms with Gasteiger partial charge in [-0.15, -0.1) is 0 Å². The number of hydrogen-bond donors (Lipinski definition) is 0. The van der Waals surface area contributed by atoms with Gasteiger partial charge in [0.05, 0.1) is 17.4 Å². The molecule has 1 aliphatic rings. The first-order chi connectivity index (χ1) is 9.33. The van der Waals surface area contributed by atoms with E-state index in [1.54, 1.807) is 0 Å². The van der Waals surface area contributed by atoms with Gasteiger partial charge in [0.15, 0.2) is 0 Å². The molecule has 0 unspecified atom stereocenters. The second kappa shape index (κ2) is 5.66. The predicted molar refractivity (Wildman–Crippen MR) is 83.7 cm³/mol. The second-order valence-corrected chi connectivity index (χ2v) is 6.47. The topological polar surface area (TPSA) is 17.8 Å². The van der Waals surface area contributed by atoms with Gasteiger partial charge in [-0.1, -0.05) is 53.7 Å². The average Bonchev–Trinajstić information content (AvgIpc) is 2.70. The minimum atomic E-state index is 0.417. The maximum absolute atomic E-state index is 4.52. The molecule has 102 valence electrons. The lowest BCUT2D eigenvalue weighted by Gasteiger charge is -2.31. The van der Waals surface area contributed by atoms with E-state index in [4.69, 9.17) is 0 Å². The molecule has 19 heavy (non-hydrogen) atoms. The normalized spacial score (nSPS) is 19.4. The van der Waals surface area contributed by atoms with Crippen molar-refractivity contribution >= 4 is 27.0 Å². The fraction of sp³-hybridized carbons (Fsp3) is 0.562. The average molecular weight is 321 g/mol. The van der Waals surface area contributed by atoms with Crippen molar-refractivity contribution in [2.45, 2.75) is 45.1 Å². The van der Waals surface area contributed by atoms with Crippen molar-refractivity contribution in [3.05, 3.63) is 30.6 Å². The number of rotatable bonds is 3. The first-order valence-corrected chi connectivity index (χ1v) is 8.41. The Hall–Kier alpha value is -0.830. The maximum atomic E-state index is 4.52. The summed E-state index contributed by atoms with van der Waals surface area (Å²) in [5.74, 6) is 0. The lowest BCUT2D eigenvalue weighted by Crippen LogP contribution is -2.28. The van der Waals surface area contributed by atoms with Crippen molar-refractivity contribution in [1.29, 1.82) is 0 Å². The van der Waals surface area contributed by atoms with Crippen LogP contribution in [-0.4, -0.2) is 14.9 Å². The summed E-state index contributed by atoms with van der Waals surface area (Å²) in [6, 6.07) is 8.45. The molecule has 3 rings (SSSR count). The Morgan fingerprint density at radius 3 is 2.58 bits per heavy atom. The van der Waals surface area contributed by atoms with Crippen LogP contribution in [0.1, 0.15) is 38.5 Å². The van der Waals surface area contributed by atoms with Gasteiger partial charge in [-0.2, -0.15) is 0 Å². The minimum Gasteiger partial charge on any atom is -0.330 e. The Balaban J connectivity index is 1.89. The number of hydrogen-bond acceptors (Lipinski definition) is 1. The quantitative estimate of drug-likeness (QED) is 0.588. The minimum absolute atomic E-state index is 0.417. The van der Waals surface area contributed by atoms with Crippen molar-refractivity contribution in [2.24, 2.45) is 5.41 Å². The molecule has 2 nitrogen and oxygen atoms in total. The molecule has 1 fully saturated rings. The monoisotopic (exact) mass is 320 g/mol. The van der Waals surface area contributed by atoms with E-state index in [0.29, 0.717) is 5.41 Å². The smallest absolute Gasteiger partial charge is 0.0958 e. The van der Waals surface area contributed by atoms with E-state index in [1.165, 1.54) is 44.0 Å². The molecular weight excluding hydrogens is 300 g/mol. The number of aromatic nitrogens is 2. The molecule has 0 bridgehead atoms. The second-order valence-electron chi connectivity index (χ2n) is 5.91. The van der Waals surface area contributed by atoms with Crippen LogP contribution >= 0.6 is 15.9 Å². The molecule has 1 aromatic carbocycles. The summed E-state index contributed by atoms with van der Waals surface area (Å²) in [5, 5.41) is 1.10. The Bertz CT molecular complexity index is 538. The molecule has 3 heteroatoms. The molecule has 1 heterocycles. The van der Waals surface area contributed by atoms with E-state index < -0.39 is 0 Å². The Morgan fingerprint density at radius 2 is 1.84 bits per heavy atom. The summed E-state index contributed by atoms with van der Waals surface area (Å²) in [6.45, 7) is 1.10. The third-order valence-electron chi connectivity index (χ3n) is 4.48. The predicted octanol–water partition coefficient (Wildman–Crippen LogP) is 4.77. The number of nitrogens with zero attached hydrogens (tertiary/aromatic N) is 2. The van der Waals surface area contributed by atoms with Gasteiger partial charge < -0.3 is 4.57 Å². The third-order valence-corrected chi connectivity index (χ3v) is 5.67. The maximum Gasteiger partial charge on any atom is 0.0958 e. The van der Waals surface area contributed by atoms with Crippen molar-refractivity contribution in [3.63, 3.8) is 0 Å². The van der Waals surface area contributed by atoms with Gasteiger partial charge in [0.2, 0.25) is 0 Å². The van der Waals surface area contributed by atoms with E-state index in [9.17, 15) is 0 Å². The van der Waals surface area contributed by atoms with Crippen molar-refractivity contribution in [3.8, 4) is 0 Å². The lowest BCUT2D eigenvalue weighted by atomic mass is 9.82. The van der Waals surface area contributed by atoms with Crippen molar-refractivity contribution in [1.82, 2.24) is 9.55 Å². The summed E-state index contributed by atoms with van der Waals surface area (Å²) < 4.78 is 2.35. The molecular formula is C16H21BrN2. The van der Waals surface area contributed by atoms with Gasteiger partial charge in [-0.25, -0.2) is 4.98 Å². The van der Waals surface area contributed by atoms with Gasteiger partial charge in [0, 0.05) is 11.9 Å². The summed E-state index contributed by atoms with van der Waals surface area (Å²) in [4.78, 5) is 4.52. The van der Waals surface area contributed by atoms with E-state index >= 15 is 0 Å². The summed E-state index contributed by atoms with van der Waals surface area (Å²) in [6.07, 6.45) is 10.2. The summed E-state index contributed by atoms with van der Waals surface area (Å²) in [5.41, 5.74) is 2.80. The largest absolute Gasteiger partial charge is 0.330 e. The van der Waals surface area contributed by atoms with Crippen LogP contribution < -0.4 is 0 Å². The molecule has 0 spiro atoms. The fourth-order valence-corrected chi connectivity index (χ4v) is 4.05. The van der Waals surface area contributed by atoms with Crippen LogP contribution in [0.5, 0.6) is 0 Å². The zero-order valence-electron chi connectivity index (χ0n) is 11.3. The SMILES string of the molecule is BrCC1(Cn2cnc3ccccc32)CCCCCC1. The van der Waals surface area contributed by atoms with Crippen LogP contribution in [0.2, 0.25) is 0 Å². The van der Waals surface area contributed by atoms with Gasteiger partial charge in [-0.3, -0.25) is 0 Å². The van der Waals surface area contributed by atoms with Gasteiger partial charge in [0.1, 0.15) is 0 Å². The van der Waals surface area contributed by atoms with Crippen LogP contribution in [0.15, 0.2) is 30.6 Å². The molecule has 0 N–H and O–H groups in total. The number of alkyl halides is 1. The highest BCUT2D eigenvalue weighted by Crippen LogP contribution is 2.38. The number of fused-ring (bicyclic) bond motifs is 1. The molecule has 0 radical (unpaired) electrons. The lowest BCUT2D eigenvalue weighted by molar-refractivity contribution is 0.245. The van der Waals surface area contributed by atoms with E-state index in [2.05, 4.69) is 49.7 Å². The Labute approximate surface area is 123 Å². The molecule has 1 aromatic heterocycles. The molecule has 0 atom stereocenters. The van der Waals surface area contributed by atoms with Gasteiger partial charge in [0.25, 0.3) is 0 Å². The molecule has 0 saturated heterocycles. The number of benzene rings is 1. The fourth-order valence-electron chi connectivity index (χ4n) is 3.31. The third kappa shape index (κ3) is 2.71. The first-order valence-electron chi connectivity index (χ1n) is 7.29. The van der Waals surface area contributed by atoms with Crippen LogP contribution in [0.4, 0.5) is 0 Å². The standard InChI is InChI=1S/C16H21BrN2/c17-11-16(9-5-1-2-6-10-16)12-19-13-18-14-7-3-4-8-15(14)19/h3-4,7-8,13H,1-2,5-6,9-12H2. The van der Waals surface area contributed by atoms with E-state index in [0.717, 1.165) is 17.4 Å². The Morgan fingerprint density at radius 1 is 1.11 bits per heavy atom. The van der Waals surface area contributed by atoms with Crippen LogP contribution in [0.3, 0.4) is 0 Å². The molecule has 0 aliphatic heterocycles. The summed E-state index contributed by atoms with van der Waals surface area (Å²) >= 11 is 3.78. The molecule has 2 aromatic rings. The molecule has 0 amide bonds. The highest BCUT2D eigenvalue weighted by Gasteiger charge is 2.30. The molecule has 1 saturated carbocycles. The van der Waals surface area contributed by atoms with Gasteiger partial charge in [-0.05, 0) is 30.4 Å².